The molecule has 1 heterocycles. The second-order valence-electron chi connectivity index (χ2n) is 5.95. The molecule has 1 aliphatic heterocycles. The zero-order chi connectivity index (χ0) is 13.2. The highest BCUT2D eigenvalue weighted by atomic mass is 32.2. The first-order valence-electron chi connectivity index (χ1n) is 7.44. The van der Waals surface area contributed by atoms with Crippen LogP contribution in [0.15, 0.2) is 24.3 Å². The number of nitrogens with zero attached hydrogens (tertiary/aromatic N) is 1. The molecule has 104 valence electrons. The topological polar surface area (TPSA) is 15.3 Å². The second-order valence-corrected chi connectivity index (χ2v) is 7.83. The smallest absolute Gasteiger partial charge is 0.0412 e. The molecule has 0 aromatic heterocycles. The fourth-order valence-corrected chi connectivity index (χ4v) is 4.21. The highest BCUT2D eigenvalue weighted by Gasteiger charge is 2.25. The quantitative estimate of drug-likeness (QED) is 0.908. The third-order valence-corrected chi connectivity index (χ3v) is 5.14. The maximum absolute atomic E-state index is 3.64. The summed E-state index contributed by atoms with van der Waals surface area (Å²) in [6.07, 6.45) is 2.72. The minimum Gasteiger partial charge on any atom is -0.369 e. The summed E-state index contributed by atoms with van der Waals surface area (Å²) in [5, 5.41) is 5.10. The van der Waals surface area contributed by atoms with Crippen LogP contribution in [0.3, 0.4) is 0 Å². The average molecular weight is 276 g/mol. The molecule has 2 fully saturated rings. The van der Waals surface area contributed by atoms with E-state index in [0.29, 0.717) is 0 Å². The summed E-state index contributed by atoms with van der Waals surface area (Å²) < 4.78 is 0. The minimum atomic E-state index is 0.730. The Morgan fingerprint density at radius 3 is 2.53 bits per heavy atom. The van der Waals surface area contributed by atoms with Crippen molar-refractivity contribution >= 4 is 17.4 Å². The Balaban J connectivity index is 1.74. The molecular weight excluding hydrogens is 252 g/mol. The Bertz CT molecular complexity index is 421. The van der Waals surface area contributed by atoms with Gasteiger partial charge in [-0.25, -0.2) is 0 Å². The van der Waals surface area contributed by atoms with Gasteiger partial charge in [-0.1, -0.05) is 32.0 Å². The van der Waals surface area contributed by atoms with Crippen molar-refractivity contribution < 1.29 is 0 Å². The van der Waals surface area contributed by atoms with Crippen LogP contribution in [0.25, 0.3) is 0 Å². The van der Waals surface area contributed by atoms with Gasteiger partial charge in [0.15, 0.2) is 0 Å². The zero-order valence-corrected chi connectivity index (χ0v) is 12.7. The van der Waals surface area contributed by atoms with Crippen molar-refractivity contribution in [1.82, 2.24) is 5.32 Å². The van der Waals surface area contributed by atoms with Crippen LogP contribution >= 0.6 is 11.8 Å². The van der Waals surface area contributed by atoms with E-state index in [1.54, 1.807) is 0 Å². The van der Waals surface area contributed by atoms with E-state index in [4.69, 9.17) is 0 Å². The number of anilines is 1. The monoisotopic (exact) mass is 276 g/mol. The summed E-state index contributed by atoms with van der Waals surface area (Å²) in [6.45, 7) is 8.06. The third kappa shape index (κ3) is 3.46. The van der Waals surface area contributed by atoms with Crippen LogP contribution in [0.5, 0.6) is 0 Å². The molecule has 1 saturated carbocycles. The van der Waals surface area contributed by atoms with Crippen LogP contribution in [0.4, 0.5) is 5.69 Å². The summed E-state index contributed by atoms with van der Waals surface area (Å²) >= 11 is 2.12. The van der Waals surface area contributed by atoms with E-state index in [0.717, 1.165) is 23.1 Å². The predicted octanol–water partition coefficient (Wildman–Crippen LogP) is 3.27. The number of para-hydroxylation sites is 1. The molecule has 2 unspecified atom stereocenters. The molecule has 1 aliphatic carbocycles. The molecule has 1 aromatic rings. The van der Waals surface area contributed by atoms with Crippen LogP contribution in [-0.4, -0.2) is 29.6 Å². The number of hydrogen-bond acceptors (Lipinski definition) is 3. The van der Waals surface area contributed by atoms with Crippen LogP contribution < -0.4 is 10.2 Å². The molecule has 2 aliphatic rings. The molecule has 3 rings (SSSR count). The van der Waals surface area contributed by atoms with Gasteiger partial charge in [-0.15, -0.1) is 0 Å². The van der Waals surface area contributed by atoms with Crippen molar-refractivity contribution in [2.45, 2.75) is 49.8 Å². The highest BCUT2D eigenvalue weighted by molar-refractivity contribution is 8.00. The molecule has 0 bridgehead atoms. The van der Waals surface area contributed by atoms with E-state index in [1.807, 2.05) is 0 Å². The number of rotatable bonds is 4. The lowest BCUT2D eigenvalue weighted by atomic mass is 10.1. The summed E-state index contributed by atoms with van der Waals surface area (Å²) in [7, 11) is 0. The fraction of sp³-hybridized carbons (Fsp3) is 0.625. The first kappa shape index (κ1) is 13.3. The standard InChI is InChI=1S/C16H24N2S/c1-12-10-18(11-13(2)19-12)16-6-4-3-5-14(16)9-17-15-7-8-15/h3-6,12-13,15,17H,7-11H2,1-2H3. The lowest BCUT2D eigenvalue weighted by Gasteiger charge is -2.37. The molecule has 2 atom stereocenters. The lowest BCUT2D eigenvalue weighted by molar-refractivity contribution is 0.676. The molecule has 3 heteroatoms. The molecule has 19 heavy (non-hydrogen) atoms. The van der Waals surface area contributed by atoms with Gasteiger partial charge in [0.25, 0.3) is 0 Å². The minimum absolute atomic E-state index is 0.730. The second kappa shape index (κ2) is 5.76. The number of thioether (sulfide) groups is 1. The number of benzene rings is 1. The molecule has 1 N–H and O–H groups in total. The predicted molar refractivity (Wildman–Crippen MR) is 85.0 cm³/mol. The zero-order valence-electron chi connectivity index (χ0n) is 11.9. The number of hydrogen-bond donors (Lipinski definition) is 1. The summed E-state index contributed by atoms with van der Waals surface area (Å²) in [5.41, 5.74) is 2.90. The van der Waals surface area contributed by atoms with Crippen molar-refractivity contribution in [1.29, 1.82) is 0 Å². The van der Waals surface area contributed by atoms with Crippen molar-refractivity contribution in [2.75, 3.05) is 18.0 Å². The van der Waals surface area contributed by atoms with Gasteiger partial charge in [-0.3, -0.25) is 0 Å². The van der Waals surface area contributed by atoms with Crippen molar-refractivity contribution in [3.8, 4) is 0 Å². The first-order valence-corrected chi connectivity index (χ1v) is 8.38. The van der Waals surface area contributed by atoms with Gasteiger partial charge in [0.05, 0.1) is 0 Å². The van der Waals surface area contributed by atoms with E-state index < -0.39 is 0 Å². The molecule has 1 aromatic carbocycles. The summed E-state index contributed by atoms with van der Waals surface area (Å²) in [6, 6.07) is 9.69. The summed E-state index contributed by atoms with van der Waals surface area (Å²) in [5.74, 6) is 0. The van der Waals surface area contributed by atoms with Crippen LogP contribution in [-0.2, 0) is 6.54 Å². The third-order valence-electron chi connectivity index (χ3n) is 3.91. The van der Waals surface area contributed by atoms with Gasteiger partial charge in [-0.05, 0) is 24.5 Å². The van der Waals surface area contributed by atoms with Gasteiger partial charge in [0.1, 0.15) is 0 Å². The maximum atomic E-state index is 3.64. The van der Waals surface area contributed by atoms with Gasteiger partial charge in [0.2, 0.25) is 0 Å². The van der Waals surface area contributed by atoms with Gasteiger partial charge in [0, 0.05) is 41.9 Å². The van der Waals surface area contributed by atoms with E-state index in [1.165, 1.54) is 37.2 Å². The van der Waals surface area contributed by atoms with E-state index in [-0.39, 0.29) is 0 Å². The lowest BCUT2D eigenvalue weighted by Crippen LogP contribution is -2.41. The van der Waals surface area contributed by atoms with Gasteiger partial charge in [-0.2, -0.15) is 11.8 Å². The van der Waals surface area contributed by atoms with Gasteiger partial charge < -0.3 is 10.2 Å². The van der Waals surface area contributed by atoms with Crippen LogP contribution in [0.1, 0.15) is 32.3 Å². The molecule has 2 nitrogen and oxygen atoms in total. The molecule has 0 spiro atoms. The Kier molecular flexibility index (Phi) is 4.04. The van der Waals surface area contributed by atoms with E-state index in [2.05, 4.69) is 60.1 Å². The Morgan fingerprint density at radius 2 is 1.84 bits per heavy atom. The normalized spacial score (nSPS) is 27.6. The first-order chi connectivity index (χ1) is 9.22. The Labute approximate surface area is 121 Å². The molecule has 0 radical (unpaired) electrons. The largest absolute Gasteiger partial charge is 0.369 e. The maximum Gasteiger partial charge on any atom is 0.0412 e. The Morgan fingerprint density at radius 1 is 1.16 bits per heavy atom. The molecular formula is C16H24N2S. The van der Waals surface area contributed by atoms with Crippen molar-refractivity contribution in [3.05, 3.63) is 29.8 Å². The molecule has 1 saturated heterocycles. The molecule has 0 amide bonds. The van der Waals surface area contributed by atoms with Crippen molar-refractivity contribution in [2.24, 2.45) is 0 Å². The highest BCUT2D eigenvalue weighted by Crippen LogP contribution is 2.31. The van der Waals surface area contributed by atoms with Crippen LogP contribution in [0.2, 0.25) is 0 Å². The summed E-state index contributed by atoms with van der Waals surface area (Å²) in [4.78, 5) is 2.58. The van der Waals surface area contributed by atoms with Gasteiger partial charge >= 0.3 is 0 Å². The SMILES string of the molecule is CC1CN(c2ccccc2CNC2CC2)CC(C)S1. The number of nitrogens with one attached hydrogen (secondary N) is 1. The average Bonchev–Trinajstić information content (AvgIpc) is 3.19. The Hall–Kier alpha value is -0.670. The van der Waals surface area contributed by atoms with Crippen molar-refractivity contribution in [3.63, 3.8) is 0 Å². The van der Waals surface area contributed by atoms with E-state index in [9.17, 15) is 0 Å². The van der Waals surface area contributed by atoms with Crippen LogP contribution in [0, 0.1) is 0 Å². The van der Waals surface area contributed by atoms with E-state index >= 15 is 0 Å². The fourth-order valence-electron chi connectivity index (χ4n) is 2.89.